The van der Waals surface area contributed by atoms with E-state index in [-0.39, 0.29) is 12.2 Å². The number of carboxylic acid groups (broad SMARTS) is 1. The number of nitrogens with zero attached hydrogens (tertiary/aromatic N) is 2. The fourth-order valence-electron chi connectivity index (χ4n) is 3.76. The Morgan fingerprint density at radius 1 is 1.32 bits per heavy atom. The monoisotopic (exact) mass is 350 g/mol. The maximum atomic E-state index is 14.1. The van der Waals surface area contributed by atoms with Crippen molar-refractivity contribution < 1.29 is 23.8 Å². The van der Waals surface area contributed by atoms with Crippen LogP contribution in [-0.4, -0.2) is 64.8 Å². The van der Waals surface area contributed by atoms with Gasteiger partial charge in [0, 0.05) is 25.9 Å². The van der Waals surface area contributed by atoms with Crippen molar-refractivity contribution in [3.05, 3.63) is 35.6 Å². The largest absolute Gasteiger partial charge is 0.480 e. The van der Waals surface area contributed by atoms with Crippen molar-refractivity contribution in [1.82, 2.24) is 9.80 Å². The zero-order valence-electron chi connectivity index (χ0n) is 14.3. The molecule has 2 aliphatic rings. The van der Waals surface area contributed by atoms with Crippen molar-refractivity contribution >= 4 is 11.9 Å². The summed E-state index contributed by atoms with van der Waals surface area (Å²) < 4.78 is 19.9. The number of likely N-dealkylation sites (tertiary alicyclic amines) is 1. The molecule has 6 nitrogen and oxygen atoms in total. The third-order valence-corrected chi connectivity index (χ3v) is 5.05. The highest BCUT2D eigenvalue weighted by molar-refractivity contribution is 5.97. The van der Waals surface area contributed by atoms with Gasteiger partial charge in [-0.1, -0.05) is 19.1 Å². The fraction of sp³-hybridized carbons (Fsp3) is 0.556. The van der Waals surface area contributed by atoms with Gasteiger partial charge in [-0.05, 0) is 25.1 Å². The van der Waals surface area contributed by atoms with Gasteiger partial charge in [0.25, 0.3) is 5.91 Å². The number of carboxylic acids is 1. The molecule has 7 heteroatoms. The molecule has 25 heavy (non-hydrogen) atoms. The summed E-state index contributed by atoms with van der Waals surface area (Å²) in [6.45, 7) is 4.44. The van der Waals surface area contributed by atoms with Gasteiger partial charge < -0.3 is 14.7 Å². The molecule has 2 saturated heterocycles. The standard InChI is InChI=1S/C18H23FN2O4/c1-2-9-20-10-7-18(8-11-20)21(15(12-25-18)17(23)24)16(22)13-5-3-4-6-14(13)19/h3-6,15H,2,7-12H2,1H3,(H,23,24). The molecule has 2 heterocycles. The molecular formula is C18H23FN2O4. The normalized spacial score (nSPS) is 23.1. The summed E-state index contributed by atoms with van der Waals surface area (Å²) in [6, 6.07) is 4.57. The Kier molecular flexibility index (Phi) is 5.06. The Labute approximate surface area is 146 Å². The Balaban J connectivity index is 1.90. The summed E-state index contributed by atoms with van der Waals surface area (Å²) >= 11 is 0. The predicted octanol–water partition coefficient (Wildman–Crippen LogP) is 1.95. The van der Waals surface area contributed by atoms with E-state index in [0.29, 0.717) is 12.8 Å². The lowest BCUT2D eigenvalue weighted by Crippen LogP contribution is -2.58. The molecule has 0 bridgehead atoms. The molecule has 1 aromatic carbocycles. The number of amides is 1. The maximum absolute atomic E-state index is 14.1. The molecule has 2 aliphatic heterocycles. The summed E-state index contributed by atoms with van der Waals surface area (Å²) in [4.78, 5) is 28.2. The number of hydrogen-bond acceptors (Lipinski definition) is 4. The van der Waals surface area contributed by atoms with Crippen LogP contribution in [0.5, 0.6) is 0 Å². The number of benzene rings is 1. The van der Waals surface area contributed by atoms with Crippen LogP contribution in [0.1, 0.15) is 36.5 Å². The first kappa shape index (κ1) is 17.8. The number of carbonyl (C=O) groups is 2. The molecule has 1 unspecified atom stereocenters. The Hall–Kier alpha value is -1.99. The first-order valence-corrected chi connectivity index (χ1v) is 8.66. The van der Waals surface area contributed by atoms with Gasteiger partial charge in [0.15, 0.2) is 6.04 Å². The summed E-state index contributed by atoms with van der Waals surface area (Å²) in [5.74, 6) is -2.40. The van der Waals surface area contributed by atoms with Crippen LogP contribution in [0.2, 0.25) is 0 Å². The lowest BCUT2D eigenvalue weighted by molar-refractivity contribution is -0.143. The molecule has 1 N–H and O–H groups in total. The zero-order valence-corrected chi connectivity index (χ0v) is 14.3. The molecular weight excluding hydrogens is 327 g/mol. The Morgan fingerprint density at radius 3 is 2.60 bits per heavy atom. The van der Waals surface area contributed by atoms with E-state index >= 15 is 0 Å². The van der Waals surface area contributed by atoms with Crippen LogP contribution in [0.3, 0.4) is 0 Å². The maximum Gasteiger partial charge on any atom is 0.328 e. The lowest BCUT2D eigenvalue weighted by atomic mass is 9.96. The van der Waals surface area contributed by atoms with E-state index < -0.39 is 29.5 Å². The number of piperidine rings is 1. The van der Waals surface area contributed by atoms with E-state index in [1.807, 2.05) is 0 Å². The quantitative estimate of drug-likeness (QED) is 0.899. The summed E-state index contributed by atoms with van der Waals surface area (Å²) in [5.41, 5.74) is -1.08. The van der Waals surface area contributed by atoms with Crippen molar-refractivity contribution in [3.8, 4) is 0 Å². The van der Waals surface area contributed by atoms with E-state index in [2.05, 4.69) is 11.8 Å². The van der Waals surface area contributed by atoms with Gasteiger partial charge in [-0.25, -0.2) is 9.18 Å². The van der Waals surface area contributed by atoms with E-state index in [4.69, 9.17) is 4.74 Å². The second-order valence-electron chi connectivity index (χ2n) is 6.61. The molecule has 1 atom stereocenters. The molecule has 2 fully saturated rings. The van der Waals surface area contributed by atoms with E-state index in [0.717, 1.165) is 26.1 Å². The highest BCUT2D eigenvalue weighted by atomic mass is 19.1. The number of carbonyl (C=O) groups excluding carboxylic acids is 1. The average molecular weight is 350 g/mol. The second kappa shape index (κ2) is 7.09. The average Bonchev–Trinajstić information content (AvgIpc) is 2.96. The van der Waals surface area contributed by atoms with Crippen molar-refractivity contribution in [2.75, 3.05) is 26.2 Å². The molecule has 1 aromatic rings. The Morgan fingerprint density at radius 2 is 2.00 bits per heavy atom. The molecule has 0 radical (unpaired) electrons. The van der Waals surface area contributed by atoms with E-state index in [9.17, 15) is 19.1 Å². The summed E-state index contributed by atoms with van der Waals surface area (Å²) in [5, 5.41) is 9.52. The minimum absolute atomic E-state index is 0.0662. The number of halogens is 1. The highest BCUT2D eigenvalue weighted by Gasteiger charge is 2.54. The van der Waals surface area contributed by atoms with Crippen LogP contribution < -0.4 is 0 Å². The molecule has 0 aliphatic carbocycles. The SMILES string of the molecule is CCCN1CCC2(CC1)OCC(C(=O)O)N2C(=O)c1ccccc1F. The minimum atomic E-state index is -1.13. The minimum Gasteiger partial charge on any atom is -0.480 e. The molecule has 0 aromatic heterocycles. The summed E-state index contributed by atoms with van der Waals surface area (Å²) in [7, 11) is 0. The van der Waals surface area contributed by atoms with Crippen molar-refractivity contribution in [3.63, 3.8) is 0 Å². The summed E-state index contributed by atoms with van der Waals surface area (Å²) in [6.07, 6.45) is 2.08. The van der Waals surface area contributed by atoms with Gasteiger partial charge in [0.1, 0.15) is 11.5 Å². The predicted molar refractivity (Wildman–Crippen MR) is 88.6 cm³/mol. The van der Waals surface area contributed by atoms with Gasteiger partial charge in [0.05, 0.1) is 12.2 Å². The van der Waals surface area contributed by atoms with Crippen LogP contribution in [0.15, 0.2) is 24.3 Å². The van der Waals surface area contributed by atoms with Crippen LogP contribution in [0.4, 0.5) is 4.39 Å². The third-order valence-electron chi connectivity index (χ3n) is 5.05. The van der Waals surface area contributed by atoms with Crippen LogP contribution in [0.25, 0.3) is 0 Å². The first-order chi connectivity index (χ1) is 12.0. The lowest BCUT2D eigenvalue weighted by Gasteiger charge is -2.44. The van der Waals surface area contributed by atoms with Gasteiger partial charge >= 0.3 is 5.97 Å². The molecule has 1 spiro atoms. The van der Waals surface area contributed by atoms with Gasteiger partial charge in [-0.15, -0.1) is 0 Å². The molecule has 3 rings (SSSR count). The second-order valence-corrected chi connectivity index (χ2v) is 6.61. The van der Waals surface area contributed by atoms with Crippen molar-refractivity contribution in [1.29, 1.82) is 0 Å². The Bertz CT molecular complexity index is 658. The first-order valence-electron chi connectivity index (χ1n) is 8.66. The number of ether oxygens (including phenoxy) is 1. The number of hydrogen-bond donors (Lipinski definition) is 1. The fourth-order valence-corrected chi connectivity index (χ4v) is 3.76. The smallest absolute Gasteiger partial charge is 0.328 e. The van der Waals surface area contributed by atoms with E-state index in [1.54, 1.807) is 6.07 Å². The zero-order chi connectivity index (χ0) is 18.0. The third kappa shape index (κ3) is 3.26. The number of aliphatic carboxylic acids is 1. The van der Waals surface area contributed by atoms with Crippen molar-refractivity contribution in [2.45, 2.75) is 38.0 Å². The van der Waals surface area contributed by atoms with Crippen LogP contribution in [-0.2, 0) is 9.53 Å². The van der Waals surface area contributed by atoms with Gasteiger partial charge in [-0.3, -0.25) is 9.69 Å². The number of rotatable bonds is 4. The van der Waals surface area contributed by atoms with Crippen molar-refractivity contribution in [2.24, 2.45) is 0 Å². The molecule has 136 valence electrons. The topological polar surface area (TPSA) is 70.1 Å². The highest BCUT2D eigenvalue weighted by Crippen LogP contribution is 2.38. The van der Waals surface area contributed by atoms with Crippen LogP contribution >= 0.6 is 0 Å². The molecule has 0 saturated carbocycles. The van der Waals surface area contributed by atoms with Gasteiger partial charge in [-0.2, -0.15) is 0 Å². The molecule has 1 amide bonds. The van der Waals surface area contributed by atoms with E-state index in [1.165, 1.54) is 23.1 Å². The van der Waals surface area contributed by atoms with Crippen LogP contribution in [0, 0.1) is 5.82 Å². The van der Waals surface area contributed by atoms with Gasteiger partial charge in [0.2, 0.25) is 0 Å².